The predicted molar refractivity (Wildman–Crippen MR) is 202 cm³/mol. The van der Waals surface area contributed by atoms with E-state index in [-0.39, 0.29) is 12.3 Å². The molecule has 0 aliphatic carbocycles. The first-order valence-corrected chi connectivity index (χ1v) is 20.6. The lowest BCUT2D eigenvalue weighted by molar-refractivity contribution is -0.122. The summed E-state index contributed by atoms with van der Waals surface area (Å²) in [5, 5.41) is 13.1. The third kappa shape index (κ3) is 35.2. The smallest absolute Gasteiger partial charge is 0.267 e. The van der Waals surface area contributed by atoms with E-state index >= 15 is 0 Å². The summed E-state index contributed by atoms with van der Waals surface area (Å²) in [6.07, 6.45) is 46.3. The molecule has 0 aliphatic rings. The Bertz CT molecular complexity index is 967. The molecule has 3 N–H and O–H groups in total. The molecule has 6 nitrogen and oxygen atoms in total. The number of amides is 1. The number of aliphatic hydroxyl groups excluding tert-OH is 1. The molecule has 0 saturated heterocycles. The van der Waals surface area contributed by atoms with Gasteiger partial charge < -0.3 is 10.4 Å². The zero-order valence-electron chi connectivity index (χ0n) is 30.1. The Hall–Kier alpha value is -1.96. The second kappa shape index (κ2) is 33.9. The van der Waals surface area contributed by atoms with Crippen molar-refractivity contribution >= 4 is 16.0 Å². The van der Waals surface area contributed by atoms with Gasteiger partial charge in [0.15, 0.2) is 0 Å². The average molecular weight is 678 g/mol. The van der Waals surface area contributed by atoms with E-state index in [1.54, 1.807) is 6.08 Å². The monoisotopic (exact) mass is 678 g/mol. The Balaban J connectivity index is 4.04. The number of rotatable bonds is 33. The highest BCUT2D eigenvalue weighted by molar-refractivity contribution is 7.85. The van der Waals surface area contributed by atoms with Gasteiger partial charge in [0.25, 0.3) is 10.1 Å². The number of unbranched alkanes of at least 4 members (excludes halogenated alkanes) is 17. The van der Waals surface area contributed by atoms with Crippen molar-refractivity contribution in [2.45, 2.75) is 180 Å². The minimum Gasteiger partial charge on any atom is -0.387 e. The molecule has 0 rings (SSSR count). The van der Waals surface area contributed by atoms with Gasteiger partial charge in [0, 0.05) is 6.42 Å². The summed E-state index contributed by atoms with van der Waals surface area (Å²) in [5.41, 5.74) is 0. The van der Waals surface area contributed by atoms with Crippen LogP contribution in [0, 0.1) is 0 Å². The van der Waals surface area contributed by atoms with Gasteiger partial charge in [-0.25, -0.2) is 0 Å². The molecule has 0 aromatic carbocycles. The van der Waals surface area contributed by atoms with Crippen molar-refractivity contribution in [3.05, 3.63) is 60.8 Å². The van der Waals surface area contributed by atoms with Crippen LogP contribution in [-0.2, 0) is 14.9 Å². The second-order valence-electron chi connectivity index (χ2n) is 12.8. The maximum absolute atomic E-state index is 12.5. The van der Waals surface area contributed by atoms with E-state index in [1.807, 2.05) is 0 Å². The molecular formula is C40H71NO5S. The highest BCUT2D eigenvalue weighted by Gasteiger charge is 2.24. The van der Waals surface area contributed by atoms with Crippen LogP contribution >= 0.6 is 0 Å². The van der Waals surface area contributed by atoms with Crippen LogP contribution in [0.4, 0.5) is 0 Å². The first-order valence-electron chi connectivity index (χ1n) is 19.0. The fourth-order valence-electron chi connectivity index (χ4n) is 5.29. The fourth-order valence-corrected chi connectivity index (χ4v) is 6.03. The standard InChI is InChI=1S/C40H71NO5S/c1-3-5-7-9-11-13-15-17-18-19-20-21-22-24-26-28-30-32-34-36-40(43)41-38(37-47(44,45)46)39(42)35-33-31-29-27-25-23-16-14-12-10-8-6-4-2/h11,13,17-18,20-21,25,27,33,35,38-39,42H,3-10,12,14-16,19,22-24,26,28-32,34,36-37H2,1-2H3,(H,41,43)(H,44,45,46)/b13-11-,18-17-,21-20-,27-25+,35-33+. The lowest BCUT2D eigenvalue weighted by Gasteiger charge is -2.21. The molecule has 0 fully saturated rings. The Kier molecular flexibility index (Phi) is 32.5. The predicted octanol–water partition coefficient (Wildman–Crippen LogP) is 10.9. The summed E-state index contributed by atoms with van der Waals surface area (Å²) >= 11 is 0. The summed E-state index contributed by atoms with van der Waals surface area (Å²) in [6.45, 7) is 4.47. The van der Waals surface area contributed by atoms with Gasteiger partial charge in [-0.2, -0.15) is 8.42 Å². The maximum Gasteiger partial charge on any atom is 0.267 e. The normalized spacial score (nSPS) is 14.0. The van der Waals surface area contributed by atoms with Crippen LogP contribution in [0.3, 0.4) is 0 Å². The van der Waals surface area contributed by atoms with Crippen LogP contribution in [0.2, 0.25) is 0 Å². The minimum absolute atomic E-state index is 0.271. The highest BCUT2D eigenvalue weighted by Crippen LogP contribution is 2.11. The van der Waals surface area contributed by atoms with Crippen LogP contribution < -0.4 is 5.32 Å². The number of hydrogen-bond donors (Lipinski definition) is 3. The maximum atomic E-state index is 12.5. The molecule has 2 atom stereocenters. The number of nitrogens with one attached hydrogen (secondary N) is 1. The molecular weight excluding hydrogens is 607 g/mol. The summed E-state index contributed by atoms with van der Waals surface area (Å²) in [5.74, 6) is -1.02. The highest BCUT2D eigenvalue weighted by atomic mass is 32.2. The van der Waals surface area contributed by atoms with E-state index in [0.29, 0.717) is 12.8 Å². The molecule has 0 aliphatic heterocycles. The SMILES string of the molecule is CCCCC/C=C\C/C=C\C/C=C\CCCCCCCCC(=O)NC(CS(=O)(=O)O)C(O)/C=C/CC/C=C/CCCCCCCCC. The van der Waals surface area contributed by atoms with E-state index in [2.05, 4.69) is 67.8 Å². The van der Waals surface area contributed by atoms with E-state index in [1.165, 1.54) is 89.5 Å². The van der Waals surface area contributed by atoms with Crippen molar-refractivity contribution in [2.75, 3.05) is 5.75 Å². The largest absolute Gasteiger partial charge is 0.387 e. The minimum atomic E-state index is -4.36. The zero-order valence-corrected chi connectivity index (χ0v) is 30.9. The average Bonchev–Trinajstić information content (AvgIpc) is 3.03. The van der Waals surface area contributed by atoms with Gasteiger partial charge in [0.1, 0.15) is 0 Å². The molecule has 0 bridgehead atoms. The molecule has 0 heterocycles. The van der Waals surface area contributed by atoms with Gasteiger partial charge in [0.05, 0.1) is 17.9 Å². The third-order valence-electron chi connectivity index (χ3n) is 8.17. The zero-order chi connectivity index (χ0) is 34.7. The fraction of sp³-hybridized carbons (Fsp3) is 0.725. The van der Waals surface area contributed by atoms with Gasteiger partial charge >= 0.3 is 0 Å². The van der Waals surface area contributed by atoms with Crippen molar-refractivity contribution in [1.29, 1.82) is 0 Å². The number of hydrogen-bond acceptors (Lipinski definition) is 4. The van der Waals surface area contributed by atoms with E-state index in [9.17, 15) is 22.9 Å². The van der Waals surface area contributed by atoms with Crippen LogP contribution in [-0.4, -0.2) is 41.9 Å². The first kappa shape index (κ1) is 45.0. The Morgan fingerprint density at radius 1 is 0.574 bits per heavy atom. The molecule has 1 amide bonds. The lowest BCUT2D eigenvalue weighted by atomic mass is 10.1. The number of carbonyl (C=O) groups excluding carboxylic acids is 1. The molecule has 2 unspecified atom stereocenters. The molecule has 272 valence electrons. The van der Waals surface area contributed by atoms with E-state index < -0.39 is 28.0 Å². The van der Waals surface area contributed by atoms with E-state index in [0.717, 1.165) is 51.4 Å². The van der Waals surface area contributed by atoms with E-state index in [4.69, 9.17) is 0 Å². The van der Waals surface area contributed by atoms with Crippen LogP contribution in [0.25, 0.3) is 0 Å². The van der Waals surface area contributed by atoms with Crippen molar-refractivity contribution < 1.29 is 22.9 Å². The summed E-state index contributed by atoms with van der Waals surface area (Å²) in [6, 6.07) is -1.08. The van der Waals surface area contributed by atoms with Gasteiger partial charge in [0.2, 0.25) is 5.91 Å². The van der Waals surface area contributed by atoms with Crippen molar-refractivity contribution in [2.24, 2.45) is 0 Å². The number of allylic oxidation sites excluding steroid dienone is 9. The molecule has 47 heavy (non-hydrogen) atoms. The molecule has 0 aromatic rings. The topological polar surface area (TPSA) is 104 Å². The Labute approximate surface area is 290 Å². The van der Waals surface area contributed by atoms with Gasteiger partial charge in [-0.05, 0) is 70.6 Å². The van der Waals surface area contributed by atoms with Crippen LogP contribution in [0.1, 0.15) is 168 Å². The van der Waals surface area contributed by atoms with Crippen molar-refractivity contribution in [3.8, 4) is 0 Å². The number of aliphatic hydroxyl groups is 1. The summed E-state index contributed by atoms with van der Waals surface area (Å²) < 4.78 is 32.4. The van der Waals surface area contributed by atoms with Gasteiger partial charge in [-0.3, -0.25) is 9.35 Å². The van der Waals surface area contributed by atoms with Crippen LogP contribution in [0.5, 0.6) is 0 Å². The van der Waals surface area contributed by atoms with Gasteiger partial charge in [-0.15, -0.1) is 0 Å². The van der Waals surface area contributed by atoms with Crippen molar-refractivity contribution in [3.63, 3.8) is 0 Å². The molecule has 0 aromatic heterocycles. The molecule has 7 heteroatoms. The number of carbonyl (C=O) groups is 1. The Morgan fingerprint density at radius 3 is 1.53 bits per heavy atom. The van der Waals surface area contributed by atoms with Crippen molar-refractivity contribution in [1.82, 2.24) is 5.32 Å². The molecule has 0 saturated carbocycles. The summed E-state index contributed by atoms with van der Waals surface area (Å²) in [7, 11) is -4.36. The molecule has 0 spiro atoms. The quantitative estimate of drug-likeness (QED) is 0.0364. The summed E-state index contributed by atoms with van der Waals surface area (Å²) in [4.78, 5) is 12.5. The first-order chi connectivity index (χ1) is 22.8. The van der Waals surface area contributed by atoms with Gasteiger partial charge in [-0.1, -0.05) is 152 Å². The third-order valence-corrected chi connectivity index (χ3v) is 8.95. The second-order valence-corrected chi connectivity index (χ2v) is 14.3. The lowest BCUT2D eigenvalue weighted by Crippen LogP contribution is -2.46. The Morgan fingerprint density at radius 2 is 0.979 bits per heavy atom. The molecule has 0 radical (unpaired) electrons. The van der Waals surface area contributed by atoms with Crippen LogP contribution in [0.15, 0.2) is 60.8 Å².